The summed E-state index contributed by atoms with van der Waals surface area (Å²) in [7, 11) is 0. The number of aromatic nitrogens is 4. The summed E-state index contributed by atoms with van der Waals surface area (Å²) in [6.07, 6.45) is 0. The summed E-state index contributed by atoms with van der Waals surface area (Å²) in [6, 6.07) is 52.5. The lowest BCUT2D eigenvalue weighted by atomic mass is 10.0. The van der Waals surface area contributed by atoms with Crippen LogP contribution in [0.25, 0.3) is 108 Å². The fourth-order valence-corrected chi connectivity index (χ4v) is 9.56. The van der Waals surface area contributed by atoms with E-state index in [0.29, 0.717) is 0 Å². The third kappa shape index (κ3) is 3.23. The molecule has 7 aromatic carbocycles. The summed E-state index contributed by atoms with van der Waals surface area (Å²) in [5.74, 6) is 1.65. The summed E-state index contributed by atoms with van der Waals surface area (Å²) in [5, 5.41) is 11.2. The van der Waals surface area contributed by atoms with E-state index < -0.39 is 0 Å². The highest BCUT2D eigenvalue weighted by molar-refractivity contribution is 7.26. The molecule has 0 unspecified atom stereocenters. The van der Waals surface area contributed by atoms with Gasteiger partial charge in [-0.15, -0.1) is 11.3 Å². The van der Waals surface area contributed by atoms with Crippen molar-refractivity contribution >= 4 is 102 Å². The number of fused-ring (bicyclic) bond motifs is 15. The molecule has 4 nitrogen and oxygen atoms in total. The highest BCUT2D eigenvalue weighted by Gasteiger charge is 2.27. The largest absolute Gasteiger partial charge is 0.308 e. The molecule has 0 bridgehead atoms. The van der Waals surface area contributed by atoms with Crippen molar-refractivity contribution in [3.05, 3.63) is 146 Å². The molecule has 0 aliphatic carbocycles. The van der Waals surface area contributed by atoms with E-state index in [1.807, 2.05) is 6.07 Å². The van der Waals surface area contributed by atoms with Crippen LogP contribution in [-0.2, 0) is 0 Å². The summed E-state index contributed by atoms with van der Waals surface area (Å²) >= 11 is 1.78. The molecular weight excluding hydrogens is 617 g/mol. The normalized spacial score (nSPS) is 12.5. The minimum absolute atomic E-state index is 0.731. The monoisotopic (exact) mass is 640 g/mol. The van der Waals surface area contributed by atoms with Gasteiger partial charge in [0.25, 0.3) is 0 Å². The number of nitrogens with zero attached hydrogens (tertiary/aromatic N) is 4. The maximum Gasteiger partial charge on any atom is 0.162 e. The number of benzene rings is 7. The molecule has 0 N–H and O–H groups in total. The summed E-state index contributed by atoms with van der Waals surface area (Å²) in [6.45, 7) is 0. The molecule has 5 heterocycles. The molecule has 0 spiro atoms. The first-order chi connectivity index (χ1) is 24.3. The van der Waals surface area contributed by atoms with Gasteiger partial charge < -0.3 is 4.40 Å². The van der Waals surface area contributed by atoms with Crippen LogP contribution < -0.4 is 0 Å². The smallest absolute Gasteiger partial charge is 0.162 e. The first kappa shape index (κ1) is 25.7. The van der Waals surface area contributed by atoms with E-state index in [4.69, 9.17) is 9.97 Å². The van der Waals surface area contributed by atoms with Gasteiger partial charge in [0.15, 0.2) is 11.6 Å². The third-order valence-corrected chi connectivity index (χ3v) is 11.6. The lowest BCUT2D eigenvalue weighted by Crippen LogP contribution is -2.01. The Bertz CT molecular complexity index is 3330. The van der Waals surface area contributed by atoms with Crippen LogP contribution in [0.2, 0.25) is 0 Å². The van der Waals surface area contributed by atoms with Gasteiger partial charge in [-0.1, -0.05) is 115 Å². The summed E-state index contributed by atoms with van der Waals surface area (Å²) < 4.78 is 7.23. The molecule has 0 atom stereocenters. The van der Waals surface area contributed by atoms with Crippen molar-refractivity contribution in [2.45, 2.75) is 0 Å². The van der Waals surface area contributed by atoms with Crippen LogP contribution >= 0.6 is 11.3 Å². The number of rotatable bonds is 2. The first-order valence-corrected chi connectivity index (χ1v) is 17.4. The Morgan fingerprint density at radius 3 is 2.02 bits per heavy atom. The molecule has 49 heavy (non-hydrogen) atoms. The quantitative estimate of drug-likeness (QED) is 0.188. The Labute approximate surface area is 283 Å². The van der Waals surface area contributed by atoms with Crippen LogP contribution in [0.4, 0.5) is 0 Å². The molecule has 0 aliphatic rings. The van der Waals surface area contributed by atoms with Gasteiger partial charge in [-0.25, -0.2) is 9.97 Å². The van der Waals surface area contributed by atoms with Crippen LogP contribution in [-0.4, -0.2) is 18.9 Å². The van der Waals surface area contributed by atoms with Crippen LogP contribution in [0.5, 0.6) is 0 Å². The van der Waals surface area contributed by atoms with Crippen LogP contribution in [0.15, 0.2) is 146 Å². The van der Waals surface area contributed by atoms with Crippen molar-refractivity contribution in [1.82, 2.24) is 18.9 Å². The molecule has 12 aromatic rings. The topological polar surface area (TPSA) is 35.1 Å². The van der Waals surface area contributed by atoms with Crippen molar-refractivity contribution in [2.24, 2.45) is 0 Å². The predicted molar refractivity (Wildman–Crippen MR) is 207 cm³/mol. The van der Waals surface area contributed by atoms with Crippen molar-refractivity contribution in [3.8, 4) is 17.2 Å². The highest BCUT2D eigenvalue weighted by Crippen LogP contribution is 2.49. The maximum atomic E-state index is 5.52. The van der Waals surface area contributed by atoms with E-state index in [-0.39, 0.29) is 0 Å². The molecule has 5 aromatic heterocycles. The van der Waals surface area contributed by atoms with Crippen LogP contribution in [0.3, 0.4) is 0 Å². The fourth-order valence-electron chi connectivity index (χ4n) is 8.44. The zero-order valence-corrected chi connectivity index (χ0v) is 26.9. The molecule has 0 saturated heterocycles. The van der Waals surface area contributed by atoms with Gasteiger partial charge in [-0.3, -0.25) is 4.57 Å². The van der Waals surface area contributed by atoms with Crippen molar-refractivity contribution < 1.29 is 0 Å². The Kier molecular flexibility index (Phi) is 4.83. The van der Waals surface area contributed by atoms with Crippen molar-refractivity contribution in [2.75, 3.05) is 0 Å². The van der Waals surface area contributed by atoms with Gasteiger partial charge in [0, 0.05) is 48.0 Å². The average molecular weight is 641 g/mol. The van der Waals surface area contributed by atoms with Crippen molar-refractivity contribution in [1.29, 1.82) is 0 Å². The third-order valence-electron chi connectivity index (χ3n) is 10.4. The standard InChI is InChI=1S/C44H24N4S/c1-2-13-26(14-3-1)43-45-39-30-18-8-11-21-36(30)49-42(39)44(46-43)48-35-23-22-25-12-4-5-15-27(25)37(35)32-24-31-28-16-6-9-19-33(28)47-34-20-10-7-17-29(34)38(40(31)47)41(32)48/h1-24H. The second-order valence-electron chi connectivity index (χ2n) is 12.9. The van der Waals surface area contributed by atoms with E-state index in [1.54, 1.807) is 11.3 Å². The van der Waals surface area contributed by atoms with E-state index in [0.717, 1.165) is 38.3 Å². The zero-order chi connectivity index (χ0) is 31.8. The Balaban J connectivity index is 1.39. The molecule has 226 valence electrons. The minimum atomic E-state index is 0.731. The second kappa shape index (κ2) is 9.19. The van der Waals surface area contributed by atoms with Crippen molar-refractivity contribution in [3.63, 3.8) is 0 Å². The number of hydrogen-bond acceptors (Lipinski definition) is 3. The fraction of sp³-hybridized carbons (Fsp3) is 0. The molecule has 0 aliphatic heterocycles. The highest BCUT2D eigenvalue weighted by atomic mass is 32.1. The van der Waals surface area contributed by atoms with E-state index in [2.05, 4.69) is 148 Å². The zero-order valence-electron chi connectivity index (χ0n) is 26.1. The number of para-hydroxylation sites is 2. The minimum Gasteiger partial charge on any atom is -0.308 e. The number of thiophene rings is 1. The lowest BCUT2D eigenvalue weighted by Gasteiger charge is -2.12. The Morgan fingerprint density at radius 1 is 0.469 bits per heavy atom. The molecule has 0 saturated carbocycles. The van der Waals surface area contributed by atoms with Crippen LogP contribution in [0.1, 0.15) is 0 Å². The van der Waals surface area contributed by atoms with Gasteiger partial charge in [0.2, 0.25) is 0 Å². The predicted octanol–water partition coefficient (Wildman–Crippen LogP) is 11.9. The van der Waals surface area contributed by atoms with Gasteiger partial charge >= 0.3 is 0 Å². The summed E-state index contributed by atoms with van der Waals surface area (Å²) in [4.78, 5) is 10.8. The average Bonchev–Trinajstić information content (AvgIpc) is 3.90. The number of hydrogen-bond donors (Lipinski definition) is 0. The molecule has 0 fully saturated rings. The van der Waals surface area contributed by atoms with Gasteiger partial charge in [-0.05, 0) is 41.1 Å². The lowest BCUT2D eigenvalue weighted by molar-refractivity contribution is 1.08. The first-order valence-electron chi connectivity index (χ1n) is 16.6. The SMILES string of the molecule is c1ccc(-c2nc(-n3c4ccc5ccccc5c4c4cc5c6ccccc6n6c7ccccc7c(c43)c56)c3sc4ccccc4c3n2)cc1. The summed E-state index contributed by atoms with van der Waals surface area (Å²) in [5.41, 5.74) is 8.04. The Hall–Kier alpha value is -6.30. The van der Waals surface area contributed by atoms with Gasteiger partial charge in [0.05, 0.1) is 37.8 Å². The molecular formula is C44H24N4S. The molecule has 0 amide bonds. The van der Waals surface area contributed by atoms with E-state index in [1.165, 1.54) is 69.9 Å². The maximum absolute atomic E-state index is 5.52. The molecule has 12 rings (SSSR count). The van der Waals surface area contributed by atoms with E-state index >= 15 is 0 Å². The van der Waals surface area contributed by atoms with Crippen LogP contribution in [0, 0.1) is 0 Å². The molecule has 0 radical (unpaired) electrons. The Morgan fingerprint density at radius 2 is 1.16 bits per heavy atom. The van der Waals surface area contributed by atoms with Gasteiger partial charge in [0.1, 0.15) is 0 Å². The molecule has 5 heteroatoms. The second-order valence-corrected chi connectivity index (χ2v) is 14.0. The van der Waals surface area contributed by atoms with Gasteiger partial charge in [-0.2, -0.15) is 0 Å². The van der Waals surface area contributed by atoms with E-state index in [9.17, 15) is 0 Å².